The zero-order chi connectivity index (χ0) is 20.1. The van der Waals surface area contributed by atoms with Crippen LogP contribution in [-0.4, -0.2) is 57.9 Å². The fourth-order valence-corrected chi connectivity index (χ4v) is 4.56. The number of hydrogen-bond acceptors (Lipinski definition) is 8. The summed E-state index contributed by atoms with van der Waals surface area (Å²) in [6, 6.07) is 4.00. The third kappa shape index (κ3) is 5.49. The van der Waals surface area contributed by atoms with E-state index in [9.17, 15) is 0 Å². The third-order valence-electron chi connectivity index (χ3n) is 4.63. The summed E-state index contributed by atoms with van der Waals surface area (Å²) in [6.45, 7) is 9.11. The van der Waals surface area contributed by atoms with Crippen LogP contribution >= 0.6 is 46.8 Å². The number of aryl methyl sites for hydroxylation is 1. The number of guanidine groups is 1. The molecule has 1 fully saturated rings. The molecule has 0 aromatic carbocycles. The Balaban J connectivity index is 0.00000256. The smallest absolute Gasteiger partial charge is 0.236 e. The van der Waals surface area contributed by atoms with Crippen LogP contribution in [-0.2, 0) is 13.0 Å². The number of aliphatic imine (C=N–C) groups is 1. The Labute approximate surface area is 201 Å². The molecule has 162 valence electrons. The Morgan fingerprint density at radius 2 is 2.07 bits per heavy atom. The summed E-state index contributed by atoms with van der Waals surface area (Å²) >= 11 is 3.11. The first-order valence-electron chi connectivity index (χ1n) is 9.86. The third-order valence-corrected chi connectivity index (χ3v) is 6.31. The van der Waals surface area contributed by atoms with E-state index in [1.807, 2.05) is 17.5 Å². The van der Waals surface area contributed by atoms with Gasteiger partial charge >= 0.3 is 0 Å². The second kappa shape index (κ2) is 11.0. The molecule has 8 nitrogen and oxygen atoms in total. The number of rotatable bonds is 6. The molecule has 0 saturated carbocycles. The van der Waals surface area contributed by atoms with E-state index in [4.69, 9.17) is 9.41 Å². The number of oxazole rings is 1. The van der Waals surface area contributed by atoms with E-state index in [-0.39, 0.29) is 24.0 Å². The van der Waals surface area contributed by atoms with Crippen LogP contribution in [0.2, 0.25) is 0 Å². The van der Waals surface area contributed by atoms with Crippen molar-refractivity contribution in [2.75, 3.05) is 37.6 Å². The first kappa shape index (κ1) is 22.9. The van der Waals surface area contributed by atoms with Crippen molar-refractivity contribution < 1.29 is 4.42 Å². The monoisotopic (exact) mass is 559 g/mol. The summed E-state index contributed by atoms with van der Waals surface area (Å²) in [5, 5.41) is 6.44. The maximum atomic E-state index is 5.60. The second-order valence-electron chi connectivity index (χ2n) is 6.61. The lowest BCUT2D eigenvalue weighted by Crippen LogP contribution is -2.52. The van der Waals surface area contributed by atoms with Gasteiger partial charge in [-0.25, -0.2) is 15.0 Å². The van der Waals surface area contributed by atoms with Crippen LogP contribution in [0.15, 0.2) is 33.2 Å². The highest BCUT2D eigenvalue weighted by molar-refractivity contribution is 14.0. The predicted molar refractivity (Wildman–Crippen MR) is 133 cm³/mol. The Kier molecular flexibility index (Phi) is 8.45. The molecule has 4 rings (SSSR count). The average molecular weight is 560 g/mol. The van der Waals surface area contributed by atoms with Crippen molar-refractivity contribution >= 4 is 57.9 Å². The number of anilines is 1. The fraction of sp³-hybridized carbons (Fsp3) is 0.474. The molecular weight excluding hydrogens is 533 g/mol. The van der Waals surface area contributed by atoms with Crippen LogP contribution < -0.4 is 10.2 Å². The van der Waals surface area contributed by atoms with Crippen molar-refractivity contribution in [1.82, 2.24) is 24.6 Å². The number of nitrogens with zero attached hydrogens (tertiary/aromatic N) is 6. The SMILES string of the molecule is CCNC(=NCc1coc(-c2cccs2)n1)N1CCN(c2nc(CC)ns2)CC1.I. The van der Waals surface area contributed by atoms with Crippen LogP contribution in [0.25, 0.3) is 10.8 Å². The molecule has 0 radical (unpaired) electrons. The quantitative estimate of drug-likeness (QED) is 0.280. The molecule has 1 N–H and O–H groups in total. The molecule has 1 saturated heterocycles. The lowest BCUT2D eigenvalue weighted by molar-refractivity contribution is 0.372. The normalized spacial score (nSPS) is 14.7. The largest absolute Gasteiger partial charge is 0.443 e. The van der Waals surface area contributed by atoms with Crippen molar-refractivity contribution in [2.45, 2.75) is 26.8 Å². The number of aromatic nitrogens is 3. The molecule has 3 aromatic heterocycles. The molecule has 11 heteroatoms. The van der Waals surface area contributed by atoms with Crippen LogP contribution in [0.4, 0.5) is 5.13 Å². The molecule has 30 heavy (non-hydrogen) atoms. The minimum atomic E-state index is 0. The standard InChI is InChI=1S/C19H25N7OS2.HI/c1-3-16-23-19(29-24-16)26-9-7-25(8-10-26)18(20-4-2)21-12-14-13-27-17(22-14)15-6-5-11-28-15;/h5-6,11,13H,3-4,7-10,12H2,1-2H3,(H,20,21);1H. The number of nitrogens with one attached hydrogen (secondary N) is 1. The molecule has 0 spiro atoms. The van der Waals surface area contributed by atoms with E-state index in [0.717, 1.165) is 66.6 Å². The summed E-state index contributed by atoms with van der Waals surface area (Å²) in [5.41, 5.74) is 0.836. The van der Waals surface area contributed by atoms with Gasteiger partial charge in [0.1, 0.15) is 17.8 Å². The van der Waals surface area contributed by atoms with Gasteiger partial charge in [-0.05, 0) is 18.4 Å². The van der Waals surface area contributed by atoms with E-state index in [2.05, 4.69) is 43.3 Å². The molecule has 0 bridgehead atoms. The topological polar surface area (TPSA) is 82.7 Å². The molecule has 1 aliphatic rings. The summed E-state index contributed by atoms with van der Waals surface area (Å²) in [5.74, 6) is 2.50. The summed E-state index contributed by atoms with van der Waals surface area (Å²) in [4.78, 5) is 19.6. The molecule has 3 aromatic rings. The van der Waals surface area contributed by atoms with E-state index in [1.165, 1.54) is 11.5 Å². The van der Waals surface area contributed by atoms with Gasteiger partial charge in [0.25, 0.3) is 0 Å². The van der Waals surface area contributed by atoms with E-state index in [0.29, 0.717) is 12.4 Å². The van der Waals surface area contributed by atoms with E-state index in [1.54, 1.807) is 17.6 Å². The molecule has 0 unspecified atom stereocenters. The predicted octanol–water partition coefficient (Wildman–Crippen LogP) is 3.72. The van der Waals surface area contributed by atoms with Gasteiger partial charge in [-0.15, -0.1) is 35.3 Å². The van der Waals surface area contributed by atoms with Gasteiger partial charge in [-0.3, -0.25) is 0 Å². The van der Waals surface area contributed by atoms with Gasteiger partial charge in [0.05, 0.1) is 11.4 Å². The second-order valence-corrected chi connectivity index (χ2v) is 8.29. The number of halogens is 1. The minimum Gasteiger partial charge on any atom is -0.443 e. The van der Waals surface area contributed by atoms with Crippen molar-refractivity contribution in [3.8, 4) is 10.8 Å². The Hall–Kier alpha value is -1.73. The molecule has 0 aliphatic carbocycles. The summed E-state index contributed by atoms with van der Waals surface area (Å²) < 4.78 is 10.00. The van der Waals surface area contributed by atoms with Crippen molar-refractivity contribution in [2.24, 2.45) is 4.99 Å². The number of thiophene rings is 1. The summed E-state index contributed by atoms with van der Waals surface area (Å²) in [6.07, 6.45) is 2.57. The zero-order valence-corrected chi connectivity index (χ0v) is 21.0. The lowest BCUT2D eigenvalue weighted by atomic mass is 10.3. The van der Waals surface area contributed by atoms with E-state index < -0.39 is 0 Å². The van der Waals surface area contributed by atoms with Gasteiger partial charge in [-0.2, -0.15) is 4.37 Å². The van der Waals surface area contributed by atoms with Crippen LogP contribution in [0, 0.1) is 0 Å². The average Bonchev–Trinajstić information content (AvgIpc) is 3.52. The molecular formula is C19H26IN7OS2. The van der Waals surface area contributed by atoms with Crippen LogP contribution in [0.1, 0.15) is 25.4 Å². The number of piperazine rings is 1. The van der Waals surface area contributed by atoms with Crippen LogP contribution in [0.5, 0.6) is 0 Å². The van der Waals surface area contributed by atoms with Gasteiger partial charge < -0.3 is 19.5 Å². The lowest BCUT2D eigenvalue weighted by Gasteiger charge is -2.36. The van der Waals surface area contributed by atoms with Crippen molar-refractivity contribution in [1.29, 1.82) is 0 Å². The maximum Gasteiger partial charge on any atom is 0.236 e. The van der Waals surface area contributed by atoms with Gasteiger partial charge in [0.15, 0.2) is 5.96 Å². The van der Waals surface area contributed by atoms with Crippen LogP contribution in [0.3, 0.4) is 0 Å². The number of hydrogen-bond donors (Lipinski definition) is 1. The first-order chi connectivity index (χ1) is 14.3. The van der Waals surface area contributed by atoms with Crippen molar-refractivity contribution in [3.63, 3.8) is 0 Å². The highest BCUT2D eigenvalue weighted by Gasteiger charge is 2.22. The van der Waals surface area contributed by atoms with Gasteiger partial charge in [0, 0.05) is 50.7 Å². The first-order valence-corrected chi connectivity index (χ1v) is 11.5. The Morgan fingerprint density at radius 3 is 2.73 bits per heavy atom. The molecule has 1 aliphatic heterocycles. The van der Waals surface area contributed by atoms with Crippen molar-refractivity contribution in [3.05, 3.63) is 35.3 Å². The summed E-state index contributed by atoms with van der Waals surface area (Å²) in [7, 11) is 0. The Bertz CT molecular complexity index is 933. The Morgan fingerprint density at radius 1 is 1.23 bits per heavy atom. The molecule has 0 atom stereocenters. The zero-order valence-electron chi connectivity index (χ0n) is 17.1. The van der Waals surface area contributed by atoms with E-state index >= 15 is 0 Å². The highest BCUT2D eigenvalue weighted by Crippen LogP contribution is 2.24. The highest BCUT2D eigenvalue weighted by atomic mass is 127. The minimum absolute atomic E-state index is 0. The van der Waals surface area contributed by atoms with Gasteiger partial charge in [-0.1, -0.05) is 13.0 Å². The molecule has 4 heterocycles. The molecule has 0 amide bonds. The maximum absolute atomic E-state index is 5.60. The van der Waals surface area contributed by atoms with Gasteiger partial charge in [0.2, 0.25) is 11.0 Å². The fourth-order valence-electron chi connectivity index (χ4n) is 3.10.